The summed E-state index contributed by atoms with van der Waals surface area (Å²) in [6, 6.07) is 0. The third-order valence-electron chi connectivity index (χ3n) is 5.87. The maximum absolute atomic E-state index is 12.4. The molecule has 0 spiro atoms. The smallest absolute Gasteiger partial charge is 0.308 e. The molecule has 5 atom stereocenters. The van der Waals surface area contributed by atoms with Gasteiger partial charge in [-0.1, -0.05) is 0 Å². The molecule has 2 bridgehead atoms. The minimum Gasteiger partial charge on any atom is -0.481 e. The molecular formula is C14H19NO3. The fraction of sp³-hybridized carbons (Fsp3) is 0.857. The average molecular weight is 249 g/mol. The Labute approximate surface area is 106 Å². The molecule has 3 saturated carbocycles. The van der Waals surface area contributed by atoms with Gasteiger partial charge in [-0.25, -0.2) is 0 Å². The van der Waals surface area contributed by atoms with Gasteiger partial charge in [0.25, 0.3) is 0 Å². The normalized spacial score (nSPS) is 48.3. The second-order valence-electron chi connectivity index (χ2n) is 6.62. The Morgan fingerprint density at radius 3 is 2.28 bits per heavy atom. The van der Waals surface area contributed by atoms with Crippen molar-refractivity contribution in [3.05, 3.63) is 0 Å². The van der Waals surface area contributed by atoms with Crippen molar-refractivity contribution < 1.29 is 14.7 Å². The van der Waals surface area contributed by atoms with E-state index in [0.29, 0.717) is 31.3 Å². The SMILES string of the molecule is O=C(O)C1CCN(C(=O)C2C3C4CCC(C4)C23)C1. The molecule has 1 heterocycles. The molecule has 4 fully saturated rings. The molecule has 0 radical (unpaired) electrons. The number of likely N-dealkylation sites (tertiary alicyclic amines) is 1. The van der Waals surface area contributed by atoms with Gasteiger partial charge in [-0.3, -0.25) is 9.59 Å². The van der Waals surface area contributed by atoms with Crippen molar-refractivity contribution >= 4 is 11.9 Å². The molecule has 4 heteroatoms. The number of hydrogen-bond donors (Lipinski definition) is 1. The quantitative estimate of drug-likeness (QED) is 0.800. The Kier molecular flexibility index (Phi) is 2.10. The third-order valence-corrected chi connectivity index (χ3v) is 5.87. The molecule has 4 aliphatic rings. The van der Waals surface area contributed by atoms with Gasteiger partial charge in [0.1, 0.15) is 0 Å². The van der Waals surface area contributed by atoms with Crippen LogP contribution in [0.2, 0.25) is 0 Å². The summed E-state index contributed by atoms with van der Waals surface area (Å²) in [7, 11) is 0. The van der Waals surface area contributed by atoms with Gasteiger partial charge in [-0.05, 0) is 49.4 Å². The van der Waals surface area contributed by atoms with Crippen LogP contribution in [0.1, 0.15) is 25.7 Å². The summed E-state index contributed by atoms with van der Waals surface area (Å²) in [5.74, 6) is 2.42. The van der Waals surface area contributed by atoms with E-state index in [-0.39, 0.29) is 17.7 Å². The fourth-order valence-electron chi connectivity index (χ4n) is 5.03. The molecular weight excluding hydrogens is 230 g/mol. The Balaban J connectivity index is 1.43. The molecule has 4 rings (SSSR count). The van der Waals surface area contributed by atoms with Crippen molar-refractivity contribution in [1.29, 1.82) is 0 Å². The standard InChI is InChI=1S/C14H19NO3/c16-13(15-4-3-9(6-15)14(17)18)12-10-7-1-2-8(5-7)11(10)12/h7-12H,1-6H2,(H,17,18). The lowest BCUT2D eigenvalue weighted by Gasteiger charge is -2.18. The van der Waals surface area contributed by atoms with E-state index < -0.39 is 5.97 Å². The monoisotopic (exact) mass is 249 g/mol. The molecule has 0 aromatic heterocycles. The first-order chi connectivity index (χ1) is 8.66. The highest BCUT2D eigenvalue weighted by Gasteiger charge is 2.68. The topological polar surface area (TPSA) is 57.6 Å². The van der Waals surface area contributed by atoms with E-state index in [0.717, 1.165) is 11.8 Å². The second-order valence-corrected chi connectivity index (χ2v) is 6.62. The molecule has 1 aliphatic heterocycles. The number of nitrogens with zero attached hydrogens (tertiary/aromatic N) is 1. The van der Waals surface area contributed by atoms with Crippen molar-refractivity contribution in [2.45, 2.75) is 25.7 Å². The van der Waals surface area contributed by atoms with Crippen molar-refractivity contribution in [2.24, 2.45) is 35.5 Å². The highest BCUT2D eigenvalue weighted by molar-refractivity contribution is 5.84. The molecule has 4 nitrogen and oxygen atoms in total. The van der Waals surface area contributed by atoms with E-state index in [1.807, 2.05) is 4.90 Å². The van der Waals surface area contributed by atoms with Crippen molar-refractivity contribution in [2.75, 3.05) is 13.1 Å². The summed E-state index contributed by atoms with van der Waals surface area (Å²) in [6.07, 6.45) is 4.65. The van der Waals surface area contributed by atoms with Gasteiger partial charge in [0.15, 0.2) is 0 Å². The number of fused-ring (bicyclic) bond motifs is 5. The second kappa shape index (κ2) is 3.49. The maximum atomic E-state index is 12.4. The number of aliphatic carboxylic acids is 1. The van der Waals surface area contributed by atoms with Gasteiger partial charge in [0.05, 0.1) is 5.92 Å². The van der Waals surface area contributed by atoms with Gasteiger partial charge in [0.2, 0.25) is 5.91 Å². The van der Waals surface area contributed by atoms with E-state index in [4.69, 9.17) is 5.11 Å². The number of hydrogen-bond acceptors (Lipinski definition) is 2. The molecule has 18 heavy (non-hydrogen) atoms. The van der Waals surface area contributed by atoms with Crippen LogP contribution in [0.4, 0.5) is 0 Å². The fourth-order valence-corrected chi connectivity index (χ4v) is 5.03. The molecule has 5 unspecified atom stereocenters. The summed E-state index contributed by atoms with van der Waals surface area (Å²) in [6.45, 7) is 1.10. The Morgan fingerprint density at radius 2 is 1.72 bits per heavy atom. The van der Waals surface area contributed by atoms with E-state index in [1.54, 1.807) is 0 Å². The molecule has 1 N–H and O–H groups in total. The van der Waals surface area contributed by atoms with Crippen LogP contribution < -0.4 is 0 Å². The van der Waals surface area contributed by atoms with Crippen molar-refractivity contribution in [3.8, 4) is 0 Å². The van der Waals surface area contributed by atoms with Crippen LogP contribution in [0.25, 0.3) is 0 Å². The van der Waals surface area contributed by atoms with Gasteiger partial charge >= 0.3 is 5.97 Å². The van der Waals surface area contributed by atoms with Gasteiger partial charge < -0.3 is 10.0 Å². The van der Waals surface area contributed by atoms with E-state index in [1.165, 1.54) is 19.3 Å². The van der Waals surface area contributed by atoms with Gasteiger partial charge in [-0.2, -0.15) is 0 Å². The van der Waals surface area contributed by atoms with E-state index in [9.17, 15) is 9.59 Å². The lowest BCUT2D eigenvalue weighted by Crippen LogP contribution is -2.32. The van der Waals surface area contributed by atoms with Crippen LogP contribution in [0, 0.1) is 35.5 Å². The zero-order chi connectivity index (χ0) is 12.4. The number of carbonyl (C=O) groups excluding carboxylic acids is 1. The summed E-state index contributed by atoms with van der Waals surface area (Å²) in [5.41, 5.74) is 0. The van der Waals surface area contributed by atoms with Gasteiger partial charge in [0, 0.05) is 19.0 Å². The lowest BCUT2D eigenvalue weighted by atomic mass is 10.0. The third kappa shape index (κ3) is 1.32. The highest BCUT2D eigenvalue weighted by Crippen LogP contribution is 2.69. The number of carboxylic acids is 1. The predicted molar refractivity (Wildman–Crippen MR) is 63.6 cm³/mol. The largest absolute Gasteiger partial charge is 0.481 e. The first kappa shape index (κ1) is 10.8. The number of rotatable bonds is 2. The Morgan fingerprint density at radius 1 is 1.06 bits per heavy atom. The van der Waals surface area contributed by atoms with Crippen LogP contribution in [0.5, 0.6) is 0 Å². The zero-order valence-corrected chi connectivity index (χ0v) is 10.4. The number of carbonyl (C=O) groups is 2. The minimum atomic E-state index is -0.749. The summed E-state index contributed by atoms with van der Waals surface area (Å²) in [5, 5.41) is 8.98. The minimum absolute atomic E-state index is 0.267. The Bertz CT molecular complexity index is 405. The van der Waals surface area contributed by atoms with Crippen molar-refractivity contribution in [3.63, 3.8) is 0 Å². The van der Waals surface area contributed by atoms with Crippen LogP contribution >= 0.6 is 0 Å². The molecule has 0 aromatic carbocycles. The summed E-state index contributed by atoms with van der Waals surface area (Å²) >= 11 is 0. The number of amides is 1. The predicted octanol–water partition coefficient (Wildman–Crippen LogP) is 1.21. The molecule has 98 valence electrons. The molecule has 3 aliphatic carbocycles. The van der Waals surface area contributed by atoms with Crippen LogP contribution in [0.15, 0.2) is 0 Å². The van der Waals surface area contributed by atoms with Crippen LogP contribution in [-0.2, 0) is 9.59 Å². The van der Waals surface area contributed by atoms with Crippen LogP contribution in [-0.4, -0.2) is 35.0 Å². The Hall–Kier alpha value is -1.06. The number of carboxylic acid groups (broad SMARTS) is 1. The molecule has 1 amide bonds. The average Bonchev–Trinajstić information content (AvgIpc) is 2.79. The molecule has 0 aromatic rings. The summed E-state index contributed by atoms with van der Waals surface area (Å²) < 4.78 is 0. The molecule has 1 saturated heterocycles. The first-order valence-electron chi connectivity index (χ1n) is 7.18. The lowest BCUT2D eigenvalue weighted by molar-refractivity contribution is -0.141. The first-order valence-corrected chi connectivity index (χ1v) is 7.18. The van der Waals surface area contributed by atoms with Crippen molar-refractivity contribution in [1.82, 2.24) is 4.90 Å². The highest BCUT2D eigenvalue weighted by atomic mass is 16.4. The van der Waals surface area contributed by atoms with E-state index >= 15 is 0 Å². The zero-order valence-electron chi connectivity index (χ0n) is 10.4. The van der Waals surface area contributed by atoms with E-state index in [2.05, 4.69) is 0 Å². The van der Waals surface area contributed by atoms with Crippen LogP contribution in [0.3, 0.4) is 0 Å². The summed E-state index contributed by atoms with van der Waals surface area (Å²) in [4.78, 5) is 25.2. The maximum Gasteiger partial charge on any atom is 0.308 e. The van der Waals surface area contributed by atoms with Gasteiger partial charge in [-0.15, -0.1) is 0 Å².